The summed E-state index contributed by atoms with van der Waals surface area (Å²) in [4.78, 5) is 0.151. The van der Waals surface area contributed by atoms with Crippen LogP contribution in [0.3, 0.4) is 0 Å². The Morgan fingerprint density at radius 3 is 2.75 bits per heavy atom. The monoisotopic (exact) mass is 419 g/mol. The van der Waals surface area contributed by atoms with Gasteiger partial charge in [0.25, 0.3) is 0 Å². The van der Waals surface area contributed by atoms with Gasteiger partial charge in [0, 0.05) is 17.0 Å². The van der Waals surface area contributed by atoms with Gasteiger partial charge < -0.3 is 9.47 Å². The number of ether oxygens (including phenoxy) is 2. The van der Waals surface area contributed by atoms with Crippen LogP contribution in [0.5, 0.6) is 11.5 Å². The van der Waals surface area contributed by atoms with Gasteiger partial charge in [-0.2, -0.15) is 4.72 Å². The molecular formula is C21H22ClNO4S. The van der Waals surface area contributed by atoms with Crippen LogP contribution in [-0.4, -0.2) is 27.2 Å². The Hall–Kier alpha value is -2.20. The van der Waals surface area contributed by atoms with E-state index in [0.717, 1.165) is 17.7 Å². The van der Waals surface area contributed by atoms with Crippen molar-refractivity contribution < 1.29 is 17.9 Å². The van der Waals surface area contributed by atoms with Gasteiger partial charge in [-0.15, -0.1) is 0 Å². The van der Waals surface area contributed by atoms with Crippen molar-refractivity contribution in [2.24, 2.45) is 0 Å². The van der Waals surface area contributed by atoms with E-state index in [-0.39, 0.29) is 23.6 Å². The molecule has 1 heterocycles. The molecule has 28 heavy (non-hydrogen) atoms. The van der Waals surface area contributed by atoms with Crippen molar-refractivity contribution >= 4 is 21.6 Å². The molecule has 5 nitrogen and oxygen atoms in total. The maximum absolute atomic E-state index is 12.4. The zero-order valence-corrected chi connectivity index (χ0v) is 17.6. The van der Waals surface area contributed by atoms with Crippen LogP contribution in [0.4, 0.5) is 0 Å². The summed E-state index contributed by atoms with van der Waals surface area (Å²) in [5, 5.41) is 0.406. The molecule has 148 valence electrons. The number of hydrogen-bond acceptors (Lipinski definition) is 4. The molecule has 0 amide bonds. The van der Waals surface area contributed by atoms with Crippen molar-refractivity contribution in [2.75, 3.05) is 13.2 Å². The number of benzene rings is 2. The van der Waals surface area contributed by atoms with E-state index in [4.69, 9.17) is 21.1 Å². The molecule has 0 atom stereocenters. The Bertz CT molecular complexity index is 1050. The van der Waals surface area contributed by atoms with Gasteiger partial charge in [0.15, 0.2) is 11.5 Å². The van der Waals surface area contributed by atoms with Gasteiger partial charge in [0.05, 0.1) is 11.4 Å². The van der Waals surface area contributed by atoms with Crippen molar-refractivity contribution in [3.63, 3.8) is 0 Å². The van der Waals surface area contributed by atoms with Crippen molar-refractivity contribution in [3.8, 4) is 23.3 Å². The van der Waals surface area contributed by atoms with Gasteiger partial charge in [0.1, 0.15) is 12.2 Å². The van der Waals surface area contributed by atoms with Gasteiger partial charge in [-0.1, -0.05) is 41.6 Å². The minimum atomic E-state index is -3.67. The van der Waals surface area contributed by atoms with Crippen molar-refractivity contribution in [3.05, 3.63) is 52.5 Å². The lowest BCUT2D eigenvalue weighted by atomic mass is 10.0. The Kier molecular flexibility index (Phi) is 5.90. The Morgan fingerprint density at radius 1 is 1.21 bits per heavy atom. The van der Waals surface area contributed by atoms with Crippen LogP contribution in [-0.2, 0) is 16.4 Å². The van der Waals surface area contributed by atoms with Gasteiger partial charge in [-0.3, -0.25) is 0 Å². The zero-order chi connectivity index (χ0) is 20.4. The van der Waals surface area contributed by atoms with E-state index in [0.29, 0.717) is 16.3 Å². The number of hydrogen-bond donors (Lipinski definition) is 1. The molecular weight excluding hydrogens is 398 g/mol. The molecule has 0 unspecified atom stereocenters. The highest BCUT2D eigenvalue weighted by Gasteiger charge is 2.32. The number of halogens is 1. The fraction of sp³-hybridized carbons (Fsp3) is 0.333. The van der Waals surface area contributed by atoms with Crippen LogP contribution in [0.15, 0.2) is 41.3 Å². The summed E-state index contributed by atoms with van der Waals surface area (Å²) < 4.78 is 38.8. The highest BCUT2D eigenvalue weighted by atomic mass is 35.5. The van der Waals surface area contributed by atoms with E-state index < -0.39 is 10.0 Å². The summed E-state index contributed by atoms with van der Waals surface area (Å²) in [5.41, 5.74) is 1.37. The Balaban J connectivity index is 1.56. The minimum absolute atomic E-state index is 0.0198. The van der Waals surface area contributed by atoms with Crippen LogP contribution in [0.1, 0.15) is 25.0 Å². The number of sulfonamides is 1. The standard InChI is InChI=1S/C21H22ClNO4S/c1-15-17(22)9-7-11-19(15)28(24,25)23-12-4-5-13-26-18-10-6-8-16-14-21(2,3)27-20(16)18/h6-11,23H,12-14H2,1-3H3. The average Bonchev–Trinajstić information content (AvgIpc) is 2.94. The SMILES string of the molecule is Cc1c(Cl)cccc1S(=O)(=O)NCC#CCOc1cccc2c1OC(C)(C)C2. The molecule has 0 saturated carbocycles. The smallest absolute Gasteiger partial charge is 0.241 e. The number of fused-ring (bicyclic) bond motifs is 1. The third-order valence-electron chi connectivity index (χ3n) is 4.34. The molecule has 0 bridgehead atoms. The number of para-hydroxylation sites is 1. The summed E-state index contributed by atoms with van der Waals surface area (Å²) in [6, 6.07) is 10.6. The molecule has 7 heteroatoms. The molecule has 0 spiro atoms. The maximum atomic E-state index is 12.4. The van der Waals surface area contributed by atoms with E-state index in [1.54, 1.807) is 19.1 Å². The van der Waals surface area contributed by atoms with E-state index in [1.165, 1.54) is 6.07 Å². The lowest BCUT2D eigenvalue weighted by molar-refractivity contribution is 0.133. The molecule has 0 saturated heterocycles. The van der Waals surface area contributed by atoms with Crippen LogP contribution in [0.25, 0.3) is 0 Å². The molecule has 3 rings (SSSR count). The summed E-state index contributed by atoms with van der Waals surface area (Å²) >= 11 is 5.99. The Morgan fingerprint density at radius 2 is 1.96 bits per heavy atom. The van der Waals surface area contributed by atoms with E-state index >= 15 is 0 Å². The second-order valence-corrected chi connectivity index (χ2v) is 9.26. The van der Waals surface area contributed by atoms with Crippen LogP contribution < -0.4 is 14.2 Å². The third kappa shape index (κ3) is 4.61. The van der Waals surface area contributed by atoms with E-state index in [9.17, 15) is 8.42 Å². The van der Waals surface area contributed by atoms with Crippen LogP contribution in [0.2, 0.25) is 5.02 Å². The molecule has 0 radical (unpaired) electrons. The normalized spacial score (nSPS) is 14.6. The lowest BCUT2D eigenvalue weighted by Gasteiger charge is -2.17. The van der Waals surface area contributed by atoms with Gasteiger partial charge in [-0.05, 0) is 44.5 Å². The second kappa shape index (κ2) is 8.04. The minimum Gasteiger partial charge on any atom is -0.483 e. The van der Waals surface area contributed by atoms with Crippen LogP contribution >= 0.6 is 11.6 Å². The quantitative estimate of drug-likeness (QED) is 0.750. The fourth-order valence-corrected chi connectivity index (χ4v) is 4.44. The summed E-state index contributed by atoms with van der Waals surface area (Å²) in [6.45, 7) is 5.85. The first-order valence-electron chi connectivity index (χ1n) is 8.84. The number of rotatable bonds is 5. The Labute approximate surface area is 171 Å². The van der Waals surface area contributed by atoms with Gasteiger partial charge >= 0.3 is 0 Å². The first-order chi connectivity index (χ1) is 13.2. The molecule has 0 aliphatic carbocycles. The third-order valence-corrected chi connectivity index (χ3v) is 6.29. The molecule has 0 aromatic heterocycles. The maximum Gasteiger partial charge on any atom is 0.241 e. The molecule has 2 aromatic carbocycles. The molecule has 2 aromatic rings. The molecule has 1 aliphatic heterocycles. The topological polar surface area (TPSA) is 64.6 Å². The number of nitrogens with one attached hydrogen (secondary N) is 1. The lowest BCUT2D eigenvalue weighted by Crippen LogP contribution is -2.25. The van der Waals surface area contributed by atoms with Gasteiger partial charge in [-0.25, -0.2) is 8.42 Å². The summed E-state index contributed by atoms with van der Waals surface area (Å²) in [6.07, 6.45) is 0.829. The first kappa shape index (κ1) is 20.5. The first-order valence-corrected chi connectivity index (χ1v) is 10.7. The van der Waals surface area contributed by atoms with Gasteiger partial charge in [0.2, 0.25) is 10.0 Å². The predicted octanol–water partition coefficient (Wildman–Crippen LogP) is 3.72. The van der Waals surface area contributed by atoms with Crippen molar-refractivity contribution in [1.82, 2.24) is 4.72 Å². The largest absolute Gasteiger partial charge is 0.483 e. The highest BCUT2D eigenvalue weighted by molar-refractivity contribution is 7.89. The molecule has 1 aliphatic rings. The zero-order valence-electron chi connectivity index (χ0n) is 16.0. The predicted molar refractivity (Wildman–Crippen MR) is 110 cm³/mol. The van der Waals surface area contributed by atoms with E-state index in [1.807, 2.05) is 32.0 Å². The highest BCUT2D eigenvalue weighted by Crippen LogP contribution is 2.41. The van der Waals surface area contributed by atoms with Crippen LogP contribution in [0, 0.1) is 18.8 Å². The summed E-state index contributed by atoms with van der Waals surface area (Å²) in [7, 11) is -3.67. The van der Waals surface area contributed by atoms with Crippen molar-refractivity contribution in [1.29, 1.82) is 0 Å². The fourth-order valence-electron chi connectivity index (χ4n) is 3.02. The summed E-state index contributed by atoms with van der Waals surface area (Å²) in [5.74, 6) is 6.98. The van der Waals surface area contributed by atoms with E-state index in [2.05, 4.69) is 16.6 Å². The molecule has 0 fully saturated rings. The average molecular weight is 420 g/mol. The van der Waals surface area contributed by atoms with Crippen molar-refractivity contribution in [2.45, 2.75) is 37.7 Å². The molecule has 1 N–H and O–H groups in total. The second-order valence-electron chi connectivity index (χ2n) is 7.11.